The topological polar surface area (TPSA) is 68.2 Å². The second-order valence-electron chi connectivity index (χ2n) is 7.45. The van der Waals surface area contributed by atoms with Crippen LogP contribution in [0.1, 0.15) is 34.1 Å². The van der Waals surface area contributed by atoms with Gasteiger partial charge in [0.15, 0.2) is 0 Å². The summed E-state index contributed by atoms with van der Waals surface area (Å²) in [5, 5.41) is 9.77. The molecule has 0 bridgehead atoms. The first-order valence-electron chi connectivity index (χ1n) is 8.24. The van der Waals surface area contributed by atoms with Gasteiger partial charge in [0.2, 0.25) is 0 Å². The van der Waals surface area contributed by atoms with Gasteiger partial charge in [-0.15, -0.1) is 0 Å². The largest absolute Gasteiger partial charge is 0.367 e. The van der Waals surface area contributed by atoms with Crippen molar-refractivity contribution in [1.29, 1.82) is 0 Å². The van der Waals surface area contributed by atoms with Crippen molar-refractivity contribution in [3.05, 3.63) is 42.5 Å². The van der Waals surface area contributed by atoms with E-state index in [0.29, 0.717) is 11.4 Å². The van der Waals surface area contributed by atoms with Crippen LogP contribution in [0, 0.1) is 5.82 Å². The van der Waals surface area contributed by atoms with Crippen molar-refractivity contribution in [3.8, 4) is 5.69 Å². The molecule has 3 rings (SSSR count). The fourth-order valence-corrected chi connectivity index (χ4v) is 3.27. The van der Waals surface area contributed by atoms with Crippen LogP contribution in [0.15, 0.2) is 36.7 Å². The molecule has 1 atom stereocenters. The molecule has 1 fully saturated rings. The summed E-state index contributed by atoms with van der Waals surface area (Å²) in [6.07, 6.45) is 3.77. The zero-order valence-electron chi connectivity index (χ0n) is 14.8. The molecular formula is C18H23FN4O2. The Kier molecular flexibility index (Phi) is 4.28. The number of rotatable bonds is 3. The molecule has 2 amide bonds. The highest BCUT2D eigenvalue weighted by molar-refractivity contribution is 5.89. The van der Waals surface area contributed by atoms with Gasteiger partial charge in [-0.1, -0.05) is 12.1 Å². The van der Waals surface area contributed by atoms with Gasteiger partial charge in [0.1, 0.15) is 11.5 Å². The number of hydrogen-bond donors (Lipinski definition) is 2. The minimum absolute atomic E-state index is 0.107. The molecule has 7 heteroatoms. The van der Waals surface area contributed by atoms with E-state index in [4.69, 9.17) is 4.74 Å². The number of urea groups is 1. The number of anilines is 1. The molecule has 2 heterocycles. The summed E-state index contributed by atoms with van der Waals surface area (Å²) in [6, 6.07) is 5.87. The number of carbonyl (C=O) groups excluding carboxylic acids is 1. The van der Waals surface area contributed by atoms with Crippen molar-refractivity contribution >= 4 is 11.7 Å². The van der Waals surface area contributed by atoms with Crippen molar-refractivity contribution in [2.75, 3.05) is 5.32 Å². The average molecular weight is 346 g/mol. The third-order valence-corrected chi connectivity index (χ3v) is 4.32. The van der Waals surface area contributed by atoms with Crippen molar-refractivity contribution in [2.45, 2.75) is 51.4 Å². The van der Waals surface area contributed by atoms with E-state index in [2.05, 4.69) is 15.7 Å². The van der Waals surface area contributed by atoms with Crippen molar-refractivity contribution in [1.82, 2.24) is 15.1 Å². The van der Waals surface area contributed by atoms with E-state index in [1.54, 1.807) is 24.4 Å². The maximum atomic E-state index is 13.8. The first-order valence-corrected chi connectivity index (χ1v) is 8.24. The highest BCUT2D eigenvalue weighted by atomic mass is 19.1. The van der Waals surface area contributed by atoms with E-state index >= 15 is 0 Å². The molecule has 1 aliphatic rings. The molecule has 1 unspecified atom stereocenters. The molecule has 0 saturated carbocycles. The third kappa shape index (κ3) is 3.82. The second kappa shape index (κ2) is 6.15. The van der Waals surface area contributed by atoms with Gasteiger partial charge < -0.3 is 15.4 Å². The number of halogens is 1. The molecule has 1 aliphatic heterocycles. The smallest absolute Gasteiger partial charge is 0.319 e. The van der Waals surface area contributed by atoms with Gasteiger partial charge in [0.05, 0.1) is 35.3 Å². The molecular weight excluding hydrogens is 323 g/mol. The number of hydrogen-bond acceptors (Lipinski definition) is 3. The predicted octanol–water partition coefficient (Wildman–Crippen LogP) is 3.48. The summed E-state index contributed by atoms with van der Waals surface area (Å²) in [5.41, 5.74) is 0.0785. The Morgan fingerprint density at radius 2 is 2.04 bits per heavy atom. The Labute approximate surface area is 146 Å². The number of amides is 2. The van der Waals surface area contributed by atoms with Crippen molar-refractivity contribution in [3.63, 3.8) is 0 Å². The lowest BCUT2D eigenvalue weighted by molar-refractivity contribution is -0.0689. The lowest BCUT2D eigenvalue weighted by Gasteiger charge is -2.27. The SMILES string of the molecule is CC1(C)CC(NC(=O)Nc2cnn(-c3ccccc3F)c2)C(C)(C)O1. The van der Waals surface area contributed by atoms with Gasteiger partial charge in [-0.05, 0) is 46.2 Å². The molecule has 0 aliphatic carbocycles. The van der Waals surface area contributed by atoms with Crippen LogP contribution in [0.3, 0.4) is 0 Å². The van der Waals surface area contributed by atoms with E-state index in [0.717, 1.165) is 6.42 Å². The molecule has 6 nitrogen and oxygen atoms in total. The van der Waals surface area contributed by atoms with Crippen LogP contribution in [0.4, 0.5) is 14.9 Å². The van der Waals surface area contributed by atoms with Crippen LogP contribution in [0.5, 0.6) is 0 Å². The van der Waals surface area contributed by atoms with Gasteiger partial charge in [-0.2, -0.15) is 5.10 Å². The van der Waals surface area contributed by atoms with E-state index in [-0.39, 0.29) is 23.5 Å². The van der Waals surface area contributed by atoms with Crippen molar-refractivity contribution in [2.24, 2.45) is 0 Å². The Morgan fingerprint density at radius 1 is 1.32 bits per heavy atom. The van der Waals surface area contributed by atoms with E-state index in [9.17, 15) is 9.18 Å². The Balaban J connectivity index is 1.66. The summed E-state index contributed by atoms with van der Waals surface area (Å²) >= 11 is 0. The van der Waals surface area contributed by atoms with Gasteiger partial charge in [-0.3, -0.25) is 0 Å². The molecule has 2 N–H and O–H groups in total. The summed E-state index contributed by atoms with van der Waals surface area (Å²) in [4.78, 5) is 12.3. The van der Waals surface area contributed by atoms with Gasteiger partial charge in [-0.25, -0.2) is 13.9 Å². The number of benzene rings is 1. The average Bonchev–Trinajstić information content (AvgIpc) is 3.01. The first kappa shape index (κ1) is 17.4. The lowest BCUT2D eigenvalue weighted by Crippen LogP contribution is -2.47. The highest BCUT2D eigenvalue weighted by Gasteiger charge is 2.46. The summed E-state index contributed by atoms with van der Waals surface area (Å²) in [7, 11) is 0. The molecule has 0 spiro atoms. The molecule has 134 valence electrons. The molecule has 25 heavy (non-hydrogen) atoms. The third-order valence-electron chi connectivity index (χ3n) is 4.32. The maximum Gasteiger partial charge on any atom is 0.319 e. The quantitative estimate of drug-likeness (QED) is 0.894. The first-order chi connectivity index (χ1) is 11.7. The highest BCUT2D eigenvalue weighted by Crippen LogP contribution is 2.37. The second-order valence-corrected chi connectivity index (χ2v) is 7.45. The minimum Gasteiger partial charge on any atom is -0.367 e. The Bertz CT molecular complexity index is 785. The van der Waals surface area contributed by atoms with E-state index < -0.39 is 5.60 Å². The zero-order valence-corrected chi connectivity index (χ0v) is 14.8. The monoisotopic (exact) mass is 346 g/mol. The molecule has 1 saturated heterocycles. The van der Waals surface area contributed by atoms with Crippen LogP contribution in [0.2, 0.25) is 0 Å². The molecule has 0 radical (unpaired) electrons. The zero-order chi connectivity index (χ0) is 18.2. The Hall–Kier alpha value is -2.41. The van der Waals surface area contributed by atoms with Crippen LogP contribution >= 0.6 is 0 Å². The summed E-state index contributed by atoms with van der Waals surface area (Å²) in [5.74, 6) is -0.381. The fraction of sp³-hybridized carbons (Fsp3) is 0.444. The van der Waals surface area contributed by atoms with Crippen molar-refractivity contribution < 1.29 is 13.9 Å². The lowest BCUT2D eigenvalue weighted by atomic mass is 9.95. The Morgan fingerprint density at radius 3 is 2.68 bits per heavy atom. The minimum atomic E-state index is -0.446. The molecule has 1 aromatic heterocycles. The van der Waals surface area contributed by atoms with Crippen LogP contribution in [-0.2, 0) is 4.74 Å². The maximum absolute atomic E-state index is 13.8. The normalized spacial score (nSPS) is 21.1. The van der Waals surface area contributed by atoms with E-state index in [1.807, 2.05) is 27.7 Å². The number of para-hydroxylation sites is 1. The molecule has 1 aromatic carbocycles. The summed E-state index contributed by atoms with van der Waals surface area (Å²) in [6.45, 7) is 7.94. The van der Waals surface area contributed by atoms with E-state index in [1.165, 1.54) is 16.9 Å². The number of nitrogens with one attached hydrogen (secondary N) is 2. The fourth-order valence-electron chi connectivity index (χ4n) is 3.27. The van der Waals surface area contributed by atoms with Crippen LogP contribution in [0.25, 0.3) is 5.69 Å². The number of carbonyl (C=O) groups is 1. The standard InChI is InChI=1S/C18H23FN4O2/c1-17(2)9-15(18(3,4)25-17)22-16(24)21-12-10-20-23(11-12)14-8-6-5-7-13(14)19/h5-8,10-11,15H,9H2,1-4H3,(H2,21,22,24). The number of aromatic nitrogens is 2. The van der Waals surface area contributed by atoms with Gasteiger partial charge in [0, 0.05) is 0 Å². The van der Waals surface area contributed by atoms with Gasteiger partial charge in [0.25, 0.3) is 0 Å². The van der Waals surface area contributed by atoms with Crippen LogP contribution in [-0.4, -0.2) is 33.1 Å². The predicted molar refractivity (Wildman–Crippen MR) is 93.3 cm³/mol. The number of nitrogens with zero attached hydrogens (tertiary/aromatic N) is 2. The summed E-state index contributed by atoms with van der Waals surface area (Å²) < 4.78 is 21.2. The van der Waals surface area contributed by atoms with Gasteiger partial charge >= 0.3 is 6.03 Å². The van der Waals surface area contributed by atoms with Crippen LogP contribution < -0.4 is 10.6 Å². The number of ether oxygens (including phenoxy) is 1. The molecule has 2 aromatic rings.